The van der Waals surface area contributed by atoms with Crippen molar-refractivity contribution in [3.63, 3.8) is 0 Å². The van der Waals surface area contributed by atoms with Crippen LogP contribution >= 0.6 is 12.6 Å². The van der Waals surface area contributed by atoms with Crippen LogP contribution in [0.25, 0.3) is 0 Å². The summed E-state index contributed by atoms with van der Waals surface area (Å²) in [5, 5.41) is 0. The third-order valence-corrected chi connectivity index (χ3v) is 4.38. The van der Waals surface area contributed by atoms with Crippen molar-refractivity contribution in [3.05, 3.63) is 0 Å². The molecule has 2 heterocycles. The molecule has 0 amide bonds. The fourth-order valence-electron chi connectivity index (χ4n) is 2.57. The van der Waals surface area contributed by atoms with Gasteiger partial charge in [-0.1, -0.05) is 13.8 Å². The number of rotatable bonds is 3. The molecule has 0 aromatic carbocycles. The van der Waals surface area contributed by atoms with E-state index in [1.54, 1.807) is 0 Å². The molecular formula is C11H22N2S. The highest BCUT2D eigenvalue weighted by Crippen LogP contribution is 2.26. The number of hydrogen-bond acceptors (Lipinski definition) is 3. The lowest BCUT2D eigenvalue weighted by Crippen LogP contribution is -2.50. The number of hydrogen-bond donors (Lipinski definition) is 1. The monoisotopic (exact) mass is 214 g/mol. The smallest absolute Gasteiger partial charge is 0.0236 e. The van der Waals surface area contributed by atoms with Crippen LogP contribution in [0, 0.1) is 5.41 Å². The third kappa shape index (κ3) is 2.26. The Bertz CT molecular complexity index is 205. The minimum atomic E-state index is 0.369. The van der Waals surface area contributed by atoms with Crippen LogP contribution in [-0.4, -0.2) is 54.3 Å². The molecule has 2 rings (SSSR count). The van der Waals surface area contributed by atoms with E-state index in [1.165, 1.54) is 39.1 Å². The minimum absolute atomic E-state index is 0.369. The predicted molar refractivity (Wildman–Crippen MR) is 64.1 cm³/mol. The Labute approximate surface area is 93.1 Å². The highest BCUT2D eigenvalue weighted by molar-refractivity contribution is 7.80. The topological polar surface area (TPSA) is 6.48 Å². The average Bonchev–Trinajstić information content (AvgIpc) is 2.54. The third-order valence-electron chi connectivity index (χ3n) is 3.53. The van der Waals surface area contributed by atoms with E-state index in [0.717, 1.165) is 11.8 Å². The second-order valence-corrected chi connectivity index (χ2v) is 5.85. The second-order valence-electron chi connectivity index (χ2n) is 5.54. The molecule has 2 aliphatic heterocycles. The van der Waals surface area contributed by atoms with Gasteiger partial charge >= 0.3 is 0 Å². The summed E-state index contributed by atoms with van der Waals surface area (Å²) >= 11 is 4.43. The van der Waals surface area contributed by atoms with Gasteiger partial charge in [0, 0.05) is 32.2 Å². The summed E-state index contributed by atoms with van der Waals surface area (Å²) in [6.45, 7) is 11.0. The standard InChI is InChI=1S/C11H22N2S/c1-11(2,9-14)8-13-6-5-12-4-3-10(13)7-12/h10,14H,3-9H2,1-2H3. The zero-order valence-corrected chi connectivity index (χ0v) is 10.3. The van der Waals surface area contributed by atoms with Crippen molar-refractivity contribution in [3.8, 4) is 0 Å². The van der Waals surface area contributed by atoms with Crippen LogP contribution in [0.1, 0.15) is 20.3 Å². The van der Waals surface area contributed by atoms with Crippen LogP contribution in [0.5, 0.6) is 0 Å². The fourth-order valence-corrected chi connectivity index (χ4v) is 2.67. The van der Waals surface area contributed by atoms with E-state index in [2.05, 4.69) is 36.3 Å². The van der Waals surface area contributed by atoms with Gasteiger partial charge in [0.2, 0.25) is 0 Å². The molecule has 0 saturated carbocycles. The van der Waals surface area contributed by atoms with Crippen LogP contribution in [0.4, 0.5) is 0 Å². The van der Waals surface area contributed by atoms with Crippen molar-refractivity contribution in [1.82, 2.24) is 9.80 Å². The van der Waals surface area contributed by atoms with Gasteiger partial charge in [0.15, 0.2) is 0 Å². The van der Waals surface area contributed by atoms with E-state index in [1.807, 2.05) is 0 Å². The predicted octanol–water partition coefficient (Wildman–Crippen LogP) is 1.33. The number of piperazine rings is 1. The first-order chi connectivity index (χ1) is 6.61. The molecule has 2 fully saturated rings. The Balaban J connectivity index is 1.92. The summed E-state index contributed by atoms with van der Waals surface area (Å²) in [5.41, 5.74) is 0.369. The van der Waals surface area contributed by atoms with E-state index in [4.69, 9.17) is 0 Å². The normalized spacial score (nSPS) is 33.6. The largest absolute Gasteiger partial charge is 0.300 e. The number of thiol groups is 1. The summed E-state index contributed by atoms with van der Waals surface area (Å²) < 4.78 is 0. The zero-order valence-electron chi connectivity index (χ0n) is 9.37. The van der Waals surface area contributed by atoms with Crippen molar-refractivity contribution in [1.29, 1.82) is 0 Å². The molecule has 2 saturated heterocycles. The molecular weight excluding hydrogens is 192 g/mol. The molecule has 2 aliphatic rings. The second kappa shape index (κ2) is 4.03. The molecule has 2 atom stereocenters. The van der Waals surface area contributed by atoms with Crippen LogP contribution in [0.2, 0.25) is 0 Å². The summed E-state index contributed by atoms with van der Waals surface area (Å²) in [5.74, 6) is 0.986. The van der Waals surface area contributed by atoms with E-state index in [-0.39, 0.29) is 0 Å². The van der Waals surface area contributed by atoms with Gasteiger partial charge in [-0.3, -0.25) is 4.90 Å². The molecule has 0 aromatic rings. The van der Waals surface area contributed by atoms with Crippen molar-refractivity contribution >= 4 is 12.6 Å². The minimum Gasteiger partial charge on any atom is -0.300 e. The van der Waals surface area contributed by atoms with Crippen LogP contribution < -0.4 is 0 Å². The lowest BCUT2D eigenvalue weighted by atomic mass is 9.94. The van der Waals surface area contributed by atoms with Gasteiger partial charge in [0.1, 0.15) is 0 Å². The van der Waals surface area contributed by atoms with Crippen molar-refractivity contribution in [2.45, 2.75) is 26.3 Å². The van der Waals surface area contributed by atoms with Crippen molar-refractivity contribution in [2.24, 2.45) is 5.41 Å². The average molecular weight is 214 g/mol. The van der Waals surface area contributed by atoms with Crippen LogP contribution in [0.15, 0.2) is 0 Å². The van der Waals surface area contributed by atoms with Gasteiger partial charge < -0.3 is 4.90 Å². The summed E-state index contributed by atoms with van der Waals surface area (Å²) in [7, 11) is 0. The van der Waals surface area contributed by atoms with E-state index < -0.39 is 0 Å². The highest BCUT2D eigenvalue weighted by Gasteiger charge is 2.34. The van der Waals surface area contributed by atoms with E-state index in [9.17, 15) is 0 Å². The van der Waals surface area contributed by atoms with Crippen LogP contribution in [-0.2, 0) is 0 Å². The first kappa shape index (κ1) is 10.8. The first-order valence-corrected chi connectivity index (χ1v) is 6.31. The van der Waals surface area contributed by atoms with Gasteiger partial charge in [-0.05, 0) is 24.1 Å². The fraction of sp³-hybridized carbons (Fsp3) is 1.00. The molecule has 14 heavy (non-hydrogen) atoms. The molecule has 2 nitrogen and oxygen atoms in total. The zero-order chi connectivity index (χ0) is 10.2. The quantitative estimate of drug-likeness (QED) is 0.708. The van der Waals surface area contributed by atoms with Crippen molar-refractivity contribution < 1.29 is 0 Å². The maximum Gasteiger partial charge on any atom is 0.0236 e. The molecule has 0 aliphatic carbocycles. The maximum atomic E-state index is 4.43. The molecule has 0 radical (unpaired) electrons. The van der Waals surface area contributed by atoms with E-state index >= 15 is 0 Å². The summed E-state index contributed by atoms with van der Waals surface area (Å²) in [4.78, 5) is 5.27. The first-order valence-electron chi connectivity index (χ1n) is 5.68. The summed E-state index contributed by atoms with van der Waals surface area (Å²) in [6, 6.07) is 0.836. The Morgan fingerprint density at radius 3 is 2.79 bits per heavy atom. The molecule has 2 unspecified atom stereocenters. The van der Waals surface area contributed by atoms with Gasteiger partial charge in [0.25, 0.3) is 0 Å². The SMILES string of the molecule is CC(C)(CS)CN1CCN2CCC1C2. The van der Waals surface area contributed by atoms with E-state index in [0.29, 0.717) is 5.41 Å². The van der Waals surface area contributed by atoms with Gasteiger partial charge in [-0.2, -0.15) is 12.6 Å². The van der Waals surface area contributed by atoms with Gasteiger partial charge in [0.05, 0.1) is 0 Å². The lowest BCUT2D eigenvalue weighted by molar-refractivity contribution is 0.0994. The highest BCUT2D eigenvalue weighted by atomic mass is 32.1. The molecule has 0 spiro atoms. The Hall–Kier alpha value is 0.270. The molecule has 2 bridgehead atoms. The Kier molecular flexibility index (Phi) is 3.10. The molecule has 0 aromatic heterocycles. The maximum absolute atomic E-state index is 4.43. The molecule has 3 heteroatoms. The molecule has 0 N–H and O–H groups in total. The lowest BCUT2D eigenvalue weighted by Gasteiger charge is -2.39. The van der Waals surface area contributed by atoms with Crippen LogP contribution in [0.3, 0.4) is 0 Å². The Morgan fingerprint density at radius 2 is 2.07 bits per heavy atom. The number of fused-ring (bicyclic) bond motifs is 2. The Morgan fingerprint density at radius 1 is 1.29 bits per heavy atom. The van der Waals surface area contributed by atoms with Gasteiger partial charge in [-0.15, -0.1) is 0 Å². The number of nitrogens with zero attached hydrogens (tertiary/aromatic N) is 2. The molecule has 82 valence electrons. The van der Waals surface area contributed by atoms with Gasteiger partial charge in [-0.25, -0.2) is 0 Å². The summed E-state index contributed by atoms with van der Waals surface area (Å²) in [6.07, 6.45) is 1.38. The van der Waals surface area contributed by atoms with Crippen molar-refractivity contribution in [2.75, 3.05) is 38.5 Å².